The van der Waals surface area contributed by atoms with E-state index in [0.29, 0.717) is 5.69 Å². The van der Waals surface area contributed by atoms with E-state index in [1.54, 1.807) is 25.4 Å². The Balaban J connectivity index is 1.67. The molecule has 2 aromatic rings. The van der Waals surface area contributed by atoms with Gasteiger partial charge in [0.2, 0.25) is 5.91 Å². The van der Waals surface area contributed by atoms with Crippen LogP contribution in [0.15, 0.2) is 33.9 Å². The van der Waals surface area contributed by atoms with Gasteiger partial charge in [-0.2, -0.15) is 5.10 Å². The molecule has 0 aromatic carbocycles. The summed E-state index contributed by atoms with van der Waals surface area (Å²) in [7, 11) is 3.77. The second-order valence-corrected chi connectivity index (χ2v) is 6.96. The van der Waals surface area contributed by atoms with Gasteiger partial charge in [-0.3, -0.25) is 9.59 Å². The van der Waals surface area contributed by atoms with E-state index in [-0.39, 0.29) is 24.1 Å². The molecule has 9 heteroatoms. The number of nitrogens with zero attached hydrogens (tertiary/aromatic N) is 6. The second-order valence-electron chi connectivity index (χ2n) is 6.96. The summed E-state index contributed by atoms with van der Waals surface area (Å²) in [4.78, 5) is 31.0. The Labute approximate surface area is 158 Å². The fourth-order valence-corrected chi connectivity index (χ4v) is 3.11. The zero-order valence-electron chi connectivity index (χ0n) is 16.0. The minimum absolute atomic E-state index is 0.111. The average Bonchev–Trinajstić information content (AvgIpc) is 3.11. The van der Waals surface area contributed by atoms with Crippen molar-refractivity contribution in [2.75, 3.05) is 45.2 Å². The molecule has 9 nitrogen and oxygen atoms in total. The molecule has 0 bridgehead atoms. The van der Waals surface area contributed by atoms with Gasteiger partial charge in [-0.25, -0.2) is 4.68 Å². The summed E-state index contributed by atoms with van der Waals surface area (Å²) in [5, 5.41) is 8.07. The van der Waals surface area contributed by atoms with Crippen LogP contribution in [0.2, 0.25) is 0 Å². The Morgan fingerprint density at radius 1 is 1.33 bits per heavy atom. The zero-order valence-corrected chi connectivity index (χ0v) is 16.0. The number of rotatable bonds is 5. The molecule has 0 saturated carbocycles. The van der Waals surface area contributed by atoms with Crippen LogP contribution in [0, 0.1) is 0 Å². The van der Waals surface area contributed by atoms with Gasteiger partial charge in [0.1, 0.15) is 18.5 Å². The standard InChI is InChI=1S/C18H26N6O3/c1-14(16-5-10-27-20-16)22(3)18(26)13-24-17(25)11-15(12-19-24)23-7-4-6-21(2)8-9-23/h5,10-12,14H,4,6-9,13H2,1-3H3/t14-/m0/s1. The van der Waals surface area contributed by atoms with E-state index in [9.17, 15) is 9.59 Å². The smallest absolute Gasteiger partial charge is 0.269 e. The molecular weight excluding hydrogens is 348 g/mol. The molecule has 1 saturated heterocycles. The van der Waals surface area contributed by atoms with Gasteiger partial charge < -0.3 is 19.2 Å². The quantitative estimate of drug-likeness (QED) is 0.757. The van der Waals surface area contributed by atoms with E-state index in [1.807, 2.05) is 6.92 Å². The van der Waals surface area contributed by atoms with E-state index >= 15 is 0 Å². The van der Waals surface area contributed by atoms with Gasteiger partial charge in [0.05, 0.1) is 17.9 Å². The summed E-state index contributed by atoms with van der Waals surface area (Å²) < 4.78 is 6.02. The van der Waals surface area contributed by atoms with E-state index in [4.69, 9.17) is 4.52 Å². The van der Waals surface area contributed by atoms with Gasteiger partial charge in [-0.05, 0) is 26.9 Å². The molecule has 0 spiro atoms. The summed E-state index contributed by atoms with van der Waals surface area (Å²) in [6, 6.07) is 3.03. The number of anilines is 1. The van der Waals surface area contributed by atoms with Crippen LogP contribution in [-0.4, -0.2) is 70.9 Å². The van der Waals surface area contributed by atoms with Crippen molar-refractivity contribution in [3.63, 3.8) is 0 Å². The average molecular weight is 374 g/mol. The predicted molar refractivity (Wildman–Crippen MR) is 101 cm³/mol. The van der Waals surface area contributed by atoms with Crippen molar-refractivity contribution >= 4 is 11.6 Å². The first-order chi connectivity index (χ1) is 13.0. The molecule has 1 fully saturated rings. The number of hydrogen-bond donors (Lipinski definition) is 0. The van der Waals surface area contributed by atoms with E-state index in [2.05, 4.69) is 27.1 Å². The van der Waals surface area contributed by atoms with Gasteiger partial charge in [0, 0.05) is 38.8 Å². The van der Waals surface area contributed by atoms with Gasteiger partial charge in [-0.15, -0.1) is 0 Å². The van der Waals surface area contributed by atoms with Crippen molar-refractivity contribution < 1.29 is 9.32 Å². The monoisotopic (exact) mass is 374 g/mol. The van der Waals surface area contributed by atoms with Crippen molar-refractivity contribution in [3.05, 3.63) is 40.6 Å². The largest absolute Gasteiger partial charge is 0.369 e. The van der Waals surface area contributed by atoms with Crippen LogP contribution in [0.5, 0.6) is 0 Å². The maximum atomic E-state index is 12.5. The van der Waals surface area contributed by atoms with E-state index < -0.39 is 0 Å². The van der Waals surface area contributed by atoms with Gasteiger partial charge in [0.15, 0.2) is 0 Å². The minimum atomic E-state index is -0.277. The number of aromatic nitrogens is 3. The van der Waals surface area contributed by atoms with Crippen LogP contribution in [0.4, 0.5) is 5.69 Å². The van der Waals surface area contributed by atoms with Crippen LogP contribution in [0.3, 0.4) is 0 Å². The Hall–Kier alpha value is -2.68. The zero-order chi connectivity index (χ0) is 19.4. The lowest BCUT2D eigenvalue weighted by Gasteiger charge is -2.24. The maximum absolute atomic E-state index is 12.5. The highest BCUT2D eigenvalue weighted by molar-refractivity contribution is 5.76. The highest BCUT2D eigenvalue weighted by Gasteiger charge is 2.21. The molecule has 2 aromatic heterocycles. The normalized spacial score (nSPS) is 16.8. The number of carbonyl (C=O) groups excluding carboxylic acids is 1. The third kappa shape index (κ3) is 4.54. The van der Waals surface area contributed by atoms with E-state index in [0.717, 1.165) is 38.3 Å². The van der Waals surface area contributed by atoms with Crippen LogP contribution >= 0.6 is 0 Å². The van der Waals surface area contributed by atoms with Crippen LogP contribution in [0.1, 0.15) is 25.1 Å². The fourth-order valence-electron chi connectivity index (χ4n) is 3.11. The molecule has 0 N–H and O–H groups in total. The Bertz CT molecular complexity index is 819. The summed E-state index contributed by atoms with van der Waals surface area (Å²) in [6.07, 6.45) is 4.18. The first-order valence-electron chi connectivity index (χ1n) is 9.12. The molecule has 1 aliphatic rings. The second kappa shape index (κ2) is 8.34. The van der Waals surface area contributed by atoms with Crippen molar-refractivity contribution in [2.24, 2.45) is 0 Å². The topological polar surface area (TPSA) is 87.7 Å². The van der Waals surface area contributed by atoms with E-state index in [1.165, 1.54) is 15.8 Å². The van der Waals surface area contributed by atoms with Crippen molar-refractivity contribution in [1.82, 2.24) is 24.7 Å². The summed E-state index contributed by atoms with van der Waals surface area (Å²) in [5.74, 6) is -0.218. The molecule has 0 radical (unpaired) electrons. The van der Waals surface area contributed by atoms with Crippen LogP contribution in [-0.2, 0) is 11.3 Å². The lowest BCUT2D eigenvalue weighted by atomic mass is 10.2. The van der Waals surface area contributed by atoms with Crippen molar-refractivity contribution in [2.45, 2.75) is 25.9 Å². The Morgan fingerprint density at radius 2 is 2.15 bits per heavy atom. The molecule has 146 valence electrons. The van der Waals surface area contributed by atoms with Gasteiger partial charge in [0.25, 0.3) is 5.56 Å². The summed E-state index contributed by atoms with van der Waals surface area (Å²) in [5.41, 5.74) is 1.19. The molecule has 3 heterocycles. The van der Waals surface area contributed by atoms with Crippen LogP contribution in [0.25, 0.3) is 0 Å². The maximum Gasteiger partial charge on any atom is 0.269 e. The SMILES string of the molecule is C[C@@H](c1ccon1)N(C)C(=O)Cn1ncc(N2CCCN(C)CC2)cc1=O. The highest BCUT2D eigenvalue weighted by atomic mass is 16.5. The minimum Gasteiger partial charge on any atom is -0.369 e. The highest BCUT2D eigenvalue weighted by Crippen LogP contribution is 2.17. The molecule has 1 aliphatic heterocycles. The van der Waals surface area contributed by atoms with Gasteiger partial charge in [-0.1, -0.05) is 5.16 Å². The molecule has 1 atom stereocenters. The van der Waals surface area contributed by atoms with Crippen molar-refractivity contribution in [3.8, 4) is 0 Å². The molecule has 1 amide bonds. The summed E-state index contributed by atoms with van der Waals surface area (Å²) >= 11 is 0. The Morgan fingerprint density at radius 3 is 2.85 bits per heavy atom. The molecule has 3 rings (SSSR count). The number of hydrogen-bond acceptors (Lipinski definition) is 7. The Kier molecular flexibility index (Phi) is 5.90. The molecule has 27 heavy (non-hydrogen) atoms. The molecule has 0 unspecified atom stereocenters. The molecule has 0 aliphatic carbocycles. The number of amides is 1. The first-order valence-corrected chi connectivity index (χ1v) is 9.12. The number of likely N-dealkylation sites (N-methyl/N-ethyl adjacent to an activating group) is 2. The first kappa shape index (κ1) is 19.1. The van der Waals surface area contributed by atoms with Crippen LogP contribution < -0.4 is 10.5 Å². The third-order valence-electron chi connectivity index (χ3n) is 5.08. The third-order valence-corrected chi connectivity index (χ3v) is 5.08. The summed E-state index contributed by atoms with van der Waals surface area (Å²) in [6.45, 7) is 5.49. The number of carbonyl (C=O) groups is 1. The van der Waals surface area contributed by atoms with Crippen molar-refractivity contribution in [1.29, 1.82) is 0 Å². The molecular formula is C18H26N6O3. The predicted octanol–water partition coefficient (Wildman–Crippen LogP) is 0.593. The van der Waals surface area contributed by atoms with Gasteiger partial charge >= 0.3 is 0 Å². The lowest BCUT2D eigenvalue weighted by molar-refractivity contribution is -0.132. The lowest BCUT2D eigenvalue weighted by Crippen LogP contribution is -2.37. The fraction of sp³-hybridized carbons (Fsp3) is 0.556.